The summed E-state index contributed by atoms with van der Waals surface area (Å²) in [5.41, 5.74) is -0.402. The summed E-state index contributed by atoms with van der Waals surface area (Å²) < 4.78 is 27.2. The molecule has 1 heterocycles. The van der Waals surface area contributed by atoms with Gasteiger partial charge in [0, 0.05) is 0 Å². The number of carbonyl (C=O) groups excluding carboxylic acids is 1. The normalized spacial score (nSPS) is 10.7. The van der Waals surface area contributed by atoms with Gasteiger partial charge in [-0.15, -0.1) is 11.3 Å². The van der Waals surface area contributed by atoms with E-state index in [9.17, 15) is 13.6 Å². The van der Waals surface area contributed by atoms with E-state index in [1.165, 1.54) is 6.07 Å². The van der Waals surface area contributed by atoms with Gasteiger partial charge in [0.2, 0.25) is 0 Å². The molecule has 1 aromatic carbocycles. The minimum absolute atomic E-state index is 0.0345. The van der Waals surface area contributed by atoms with Crippen molar-refractivity contribution < 1.29 is 13.6 Å². The highest BCUT2D eigenvalue weighted by Gasteiger charge is 2.21. The van der Waals surface area contributed by atoms with Crippen molar-refractivity contribution in [3.05, 3.63) is 54.7 Å². The van der Waals surface area contributed by atoms with Gasteiger partial charge in [-0.05, 0) is 18.2 Å². The van der Waals surface area contributed by atoms with Crippen molar-refractivity contribution in [3.63, 3.8) is 0 Å². The Morgan fingerprint density at radius 1 is 1.00 bits per heavy atom. The maximum absolute atomic E-state index is 13.6. The maximum Gasteiger partial charge on any atom is 0.198 e. The maximum atomic E-state index is 13.6. The van der Waals surface area contributed by atoms with Crippen LogP contribution in [0, 0.1) is 11.6 Å². The summed E-state index contributed by atoms with van der Waals surface area (Å²) in [6, 6.07) is 2.79. The van der Waals surface area contributed by atoms with Gasteiger partial charge in [-0.2, -0.15) is 0 Å². The zero-order valence-electron chi connectivity index (χ0n) is 8.44. The van der Waals surface area contributed by atoms with Crippen molar-refractivity contribution in [2.24, 2.45) is 0 Å². The van der Waals surface area contributed by atoms with Gasteiger partial charge in [0.1, 0.15) is 16.0 Å². The quantitative estimate of drug-likeness (QED) is 0.546. The number of ketones is 1. The number of rotatable bonds is 2. The van der Waals surface area contributed by atoms with Gasteiger partial charge < -0.3 is 0 Å². The van der Waals surface area contributed by atoms with Crippen molar-refractivity contribution in [2.45, 2.75) is 0 Å². The SMILES string of the molecule is O=C(c1cc(F)c(Cl)cc1F)c1cc(Cl)sc1Cl. The fourth-order valence-electron chi connectivity index (χ4n) is 1.34. The fraction of sp³-hybridized carbons (Fsp3) is 0. The second kappa shape index (κ2) is 5.13. The Morgan fingerprint density at radius 3 is 2.22 bits per heavy atom. The molecule has 2 aromatic rings. The first-order valence-corrected chi connectivity index (χ1v) is 6.49. The first-order valence-electron chi connectivity index (χ1n) is 4.54. The molecule has 0 N–H and O–H groups in total. The van der Waals surface area contributed by atoms with Crippen LogP contribution in [-0.4, -0.2) is 5.78 Å². The molecule has 0 aliphatic carbocycles. The van der Waals surface area contributed by atoms with Crippen LogP contribution in [0.25, 0.3) is 0 Å². The number of carbonyl (C=O) groups is 1. The van der Waals surface area contributed by atoms with Crippen LogP contribution in [-0.2, 0) is 0 Å². The Balaban J connectivity index is 2.53. The Kier molecular flexibility index (Phi) is 3.92. The molecule has 7 heteroatoms. The average Bonchev–Trinajstić information content (AvgIpc) is 2.62. The molecule has 0 atom stereocenters. The highest BCUT2D eigenvalue weighted by Crippen LogP contribution is 2.33. The molecule has 0 spiro atoms. The molecular formula is C11H3Cl3F2OS. The van der Waals surface area contributed by atoms with E-state index in [1.807, 2.05) is 0 Å². The lowest BCUT2D eigenvalue weighted by Gasteiger charge is -2.03. The fourth-order valence-corrected chi connectivity index (χ4v) is 2.95. The summed E-state index contributed by atoms with van der Waals surface area (Å²) in [6.45, 7) is 0. The van der Waals surface area contributed by atoms with Gasteiger partial charge in [-0.1, -0.05) is 34.8 Å². The minimum Gasteiger partial charge on any atom is -0.288 e. The van der Waals surface area contributed by atoms with E-state index < -0.39 is 28.0 Å². The zero-order valence-corrected chi connectivity index (χ0v) is 11.5. The van der Waals surface area contributed by atoms with Crippen LogP contribution >= 0.6 is 46.1 Å². The van der Waals surface area contributed by atoms with Crippen LogP contribution in [0.15, 0.2) is 18.2 Å². The highest BCUT2D eigenvalue weighted by atomic mass is 35.5. The van der Waals surface area contributed by atoms with E-state index in [1.54, 1.807) is 0 Å². The number of halogens is 5. The molecule has 0 aliphatic heterocycles. The standard InChI is InChI=1S/C11H3Cl3F2OS/c12-6-3-7(15)4(1-8(6)16)10(17)5-2-9(13)18-11(5)14/h1-3H. The Hall–Kier alpha value is -0.680. The lowest BCUT2D eigenvalue weighted by atomic mass is 10.1. The molecule has 0 amide bonds. The van der Waals surface area contributed by atoms with Gasteiger partial charge in [-0.3, -0.25) is 4.79 Å². The molecule has 18 heavy (non-hydrogen) atoms. The lowest BCUT2D eigenvalue weighted by Crippen LogP contribution is -2.04. The third-order valence-electron chi connectivity index (χ3n) is 2.16. The Morgan fingerprint density at radius 2 is 1.67 bits per heavy atom. The zero-order chi connectivity index (χ0) is 13.4. The topological polar surface area (TPSA) is 17.1 Å². The van der Waals surface area contributed by atoms with Crippen molar-refractivity contribution >= 4 is 51.9 Å². The average molecular weight is 328 g/mol. The Labute approximate surface area is 120 Å². The van der Waals surface area contributed by atoms with Gasteiger partial charge >= 0.3 is 0 Å². The molecule has 94 valence electrons. The summed E-state index contributed by atoms with van der Waals surface area (Å²) in [5.74, 6) is -2.53. The molecule has 0 aliphatic rings. The van der Waals surface area contributed by atoms with Gasteiger partial charge in [0.05, 0.1) is 20.5 Å². The third-order valence-corrected chi connectivity index (χ3v) is 3.93. The number of hydrogen-bond donors (Lipinski definition) is 0. The third kappa shape index (κ3) is 2.52. The molecule has 0 radical (unpaired) electrons. The summed E-state index contributed by atoms with van der Waals surface area (Å²) >= 11 is 17.8. The molecule has 2 rings (SSSR count). The minimum atomic E-state index is -0.912. The summed E-state index contributed by atoms with van der Waals surface area (Å²) in [6.07, 6.45) is 0. The molecule has 0 fully saturated rings. The predicted molar refractivity (Wildman–Crippen MR) is 69.1 cm³/mol. The van der Waals surface area contributed by atoms with Crippen molar-refractivity contribution in [3.8, 4) is 0 Å². The molecular weight excluding hydrogens is 325 g/mol. The highest BCUT2D eigenvalue weighted by molar-refractivity contribution is 7.20. The Bertz CT molecular complexity index is 639. The van der Waals surface area contributed by atoms with E-state index in [2.05, 4.69) is 0 Å². The van der Waals surface area contributed by atoms with E-state index >= 15 is 0 Å². The number of thiophene rings is 1. The van der Waals surface area contributed by atoms with Crippen molar-refractivity contribution in [2.75, 3.05) is 0 Å². The predicted octanol–water partition coefficient (Wildman–Crippen LogP) is 5.22. The molecule has 0 saturated carbocycles. The molecule has 0 unspecified atom stereocenters. The van der Waals surface area contributed by atoms with Crippen LogP contribution in [0.2, 0.25) is 13.7 Å². The molecule has 0 saturated heterocycles. The van der Waals surface area contributed by atoms with E-state index in [0.717, 1.165) is 23.5 Å². The first kappa shape index (κ1) is 13.7. The van der Waals surface area contributed by atoms with Crippen LogP contribution in [0.3, 0.4) is 0 Å². The summed E-state index contributed by atoms with van der Waals surface area (Å²) in [4.78, 5) is 12.0. The second-order valence-electron chi connectivity index (χ2n) is 3.31. The summed E-state index contributed by atoms with van der Waals surface area (Å²) in [5, 5.41) is -0.390. The smallest absolute Gasteiger partial charge is 0.198 e. The summed E-state index contributed by atoms with van der Waals surface area (Å²) in [7, 11) is 0. The van der Waals surface area contributed by atoms with Gasteiger partial charge in [0.15, 0.2) is 5.78 Å². The first-order chi connectivity index (χ1) is 8.40. The van der Waals surface area contributed by atoms with E-state index in [-0.39, 0.29) is 14.2 Å². The lowest BCUT2D eigenvalue weighted by molar-refractivity contribution is 0.103. The molecule has 1 aromatic heterocycles. The second-order valence-corrected chi connectivity index (χ2v) is 6.01. The van der Waals surface area contributed by atoms with Crippen molar-refractivity contribution in [1.82, 2.24) is 0 Å². The largest absolute Gasteiger partial charge is 0.288 e. The van der Waals surface area contributed by atoms with E-state index in [4.69, 9.17) is 34.8 Å². The van der Waals surface area contributed by atoms with Crippen LogP contribution in [0.4, 0.5) is 8.78 Å². The number of hydrogen-bond acceptors (Lipinski definition) is 2. The monoisotopic (exact) mass is 326 g/mol. The molecule has 1 nitrogen and oxygen atoms in total. The van der Waals surface area contributed by atoms with Gasteiger partial charge in [0.25, 0.3) is 0 Å². The van der Waals surface area contributed by atoms with E-state index in [0.29, 0.717) is 0 Å². The van der Waals surface area contributed by atoms with Crippen LogP contribution in [0.5, 0.6) is 0 Å². The van der Waals surface area contributed by atoms with Crippen LogP contribution in [0.1, 0.15) is 15.9 Å². The van der Waals surface area contributed by atoms with Crippen molar-refractivity contribution in [1.29, 1.82) is 0 Å². The van der Waals surface area contributed by atoms with Gasteiger partial charge in [-0.25, -0.2) is 8.78 Å². The molecule has 0 bridgehead atoms. The number of benzene rings is 1. The van der Waals surface area contributed by atoms with Crippen LogP contribution < -0.4 is 0 Å².